The molecule has 0 spiro atoms. The number of halogens is 1. The number of aromatic amines is 2. The van der Waals surface area contributed by atoms with Gasteiger partial charge >= 0.3 is 0 Å². The van der Waals surface area contributed by atoms with Crippen LogP contribution in [0.4, 0.5) is 5.69 Å². The number of nitrogens with zero attached hydrogens (tertiary/aromatic N) is 2. The number of aromatic nitrogens is 3. The molecule has 3 rings (SSSR count). The lowest BCUT2D eigenvalue weighted by molar-refractivity contribution is 0.372. The number of para-hydroxylation sites is 1. The first-order valence-corrected chi connectivity index (χ1v) is 8.58. The van der Waals surface area contributed by atoms with E-state index in [2.05, 4.69) is 36.1 Å². The molecule has 0 radical (unpaired) electrons. The molecule has 132 valence electrons. The molecule has 3 aromatic rings. The summed E-state index contributed by atoms with van der Waals surface area (Å²) >= 11 is 8.13. The number of ether oxygens (including phenoxy) is 1. The van der Waals surface area contributed by atoms with E-state index < -0.39 is 5.56 Å². The Morgan fingerprint density at radius 1 is 1.35 bits per heavy atom. The van der Waals surface area contributed by atoms with E-state index in [4.69, 9.17) is 17.0 Å². The Morgan fingerprint density at radius 2 is 2.12 bits per heavy atom. The van der Waals surface area contributed by atoms with Gasteiger partial charge in [0.25, 0.3) is 5.56 Å². The van der Waals surface area contributed by atoms with Gasteiger partial charge in [0, 0.05) is 11.8 Å². The maximum absolute atomic E-state index is 12.1. The van der Waals surface area contributed by atoms with Crippen molar-refractivity contribution < 1.29 is 9.84 Å². The highest BCUT2D eigenvalue weighted by Gasteiger charge is 2.10. The Balaban J connectivity index is 2.04. The summed E-state index contributed by atoms with van der Waals surface area (Å²) < 4.78 is 5.77. The number of methoxy groups -OCH3 is 1. The van der Waals surface area contributed by atoms with Crippen LogP contribution in [-0.4, -0.2) is 33.6 Å². The molecule has 1 heterocycles. The monoisotopic (exact) mass is 432 g/mol. The highest BCUT2D eigenvalue weighted by molar-refractivity contribution is 9.10. The molecule has 0 atom stereocenters. The van der Waals surface area contributed by atoms with Crippen LogP contribution in [0.1, 0.15) is 5.56 Å². The lowest BCUT2D eigenvalue weighted by Gasteiger charge is -2.07. The smallest absolute Gasteiger partial charge is 0.278 e. The quantitative estimate of drug-likeness (QED) is 0.430. The number of hydrogen-bond donors (Lipinski definition) is 3. The van der Waals surface area contributed by atoms with Gasteiger partial charge in [0.2, 0.25) is 0 Å². The molecule has 0 aliphatic carbocycles. The number of hydrogen-bond acceptors (Lipinski definition) is 6. The minimum absolute atomic E-state index is 0.0142. The molecule has 26 heavy (non-hydrogen) atoms. The number of phenolic OH excluding ortho intramolecular Hbond substituents is 1. The van der Waals surface area contributed by atoms with E-state index in [1.165, 1.54) is 7.11 Å². The van der Waals surface area contributed by atoms with Gasteiger partial charge in [0.1, 0.15) is 0 Å². The van der Waals surface area contributed by atoms with Crippen LogP contribution in [0, 0.1) is 4.77 Å². The van der Waals surface area contributed by atoms with Gasteiger partial charge in [-0.1, -0.05) is 18.2 Å². The Hall–Kier alpha value is -2.78. The van der Waals surface area contributed by atoms with Crippen molar-refractivity contribution in [1.29, 1.82) is 0 Å². The zero-order valence-corrected chi connectivity index (χ0v) is 15.9. The summed E-state index contributed by atoms with van der Waals surface area (Å²) in [5, 5.41) is 16.5. The van der Waals surface area contributed by atoms with E-state index in [0.717, 1.165) is 0 Å². The first-order valence-electron chi connectivity index (χ1n) is 7.38. The van der Waals surface area contributed by atoms with Crippen molar-refractivity contribution in [2.75, 3.05) is 7.11 Å². The second-order valence-electron chi connectivity index (χ2n) is 5.18. The molecular weight excluding hydrogens is 420 g/mol. The molecule has 3 N–H and O–H groups in total. The first kappa shape index (κ1) is 18.0. The SMILES string of the molecule is COc1cc(C=Nc2ccccc2-c2n[nH]c(=S)[nH]c2=O)cc(Br)c1O. The molecule has 0 aliphatic heterocycles. The lowest BCUT2D eigenvalue weighted by atomic mass is 10.1. The van der Waals surface area contributed by atoms with Gasteiger partial charge < -0.3 is 9.84 Å². The molecule has 0 fully saturated rings. The van der Waals surface area contributed by atoms with E-state index in [9.17, 15) is 9.90 Å². The number of phenols is 1. The van der Waals surface area contributed by atoms with Crippen molar-refractivity contribution in [3.05, 3.63) is 61.6 Å². The third kappa shape index (κ3) is 3.73. The summed E-state index contributed by atoms with van der Waals surface area (Å²) in [6, 6.07) is 10.5. The fourth-order valence-electron chi connectivity index (χ4n) is 2.28. The third-order valence-corrected chi connectivity index (χ3v) is 4.29. The number of aliphatic imine (C=N–C) groups is 1. The van der Waals surface area contributed by atoms with E-state index >= 15 is 0 Å². The maximum Gasteiger partial charge on any atom is 0.278 e. The van der Waals surface area contributed by atoms with Crippen LogP contribution in [0.15, 0.2) is 50.7 Å². The predicted octanol–water partition coefficient (Wildman–Crippen LogP) is 3.72. The van der Waals surface area contributed by atoms with Crippen molar-refractivity contribution in [2.45, 2.75) is 0 Å². The molecule has 0 amide bonds. The number of aromatic hydroxyl groups is 1. The summed E-state index contributed by atoms with van der Waals surface area (Å²) in [5.74, 6) is 0.336. The average molecular weight is 433 g/mol. The predicted molar refractivity (Wildman–Crippen MR) is 105 cm³/mol. The summed E-state index contributed by atoms with van der Waals surface area (Å²) in [4.78, 5) is 19.1. The Bertz CT molecular complexity index is 1110. The van der Waals surface area contributed by atoms with E-state index in [1.54, 1.807) is 36.5 Å². The standard InChI is InChI=1S/C17H13BrN4O3S/c1-25-13-7-9(6-11(18)15(13)23)8-19-12-5-3-2-4-10(12)14-16(24)20-17(26)22-21-14/h2-8,23H,1H3,(H2,20,22,24,26). The fourth-order valence-corrected chi connectivity index (χ4v) is 2.88. The summed E-state index contributed by atoms with van der Waals surface area (Å²) in [5.41, 5.74) is 1.61. The molecule has 0 aliphatic rings. The van der Waals surface area contributed by atoms with Gasteiger partial charge in [-0.05, 0) is 51.9 Å². The molecule has 2 aromatic carbocycles. The highest BCUT2D eigenvalue weighted by Crippen LogP contribution is 2.35. The average Bonchev–Trinajstić information content (AvgIpc) is 2.63. The number of H-pyrrole nitrogens is 2. The van der Waals surface area contributed by atoms with Crippen molar-refractivity contribution in [1.82, 2.24) is 15.2 Å². The normalized spacial score (nSPS) is 11.0. The molecule has 0 saturated heterocycles. The Labute approximate surface area is 161 Å². The second-order valence-corrected chi connectivity index (χ2v) is 6.45. The van der Waals surface area contributed by atoms with Crippen molar-refractivity contribution in [2.24, 2.45) is 4.99 Å². The van der Waals surface area contributed by atoms with E-state index in [-0.39, 0.29) is 16.2 Å². The van der Waals surface area contributed by atoms with Crippen LogP contribution in [-0.2, 0) is 0 Å². The van der Waals surface area contributed by atoms with Crippen LogP contribution in [0.25, 0.3) is 11.3 Å². The Morgan fingerprint density at radius 3 is 2.85 bits per heavy atom. The van der Waals surface area contributed by atoms with Crippen LogP contribution >= 0.6 is 28.1 Å². The number of rotatable bonds is 4. The third-order valence-electron chi connectivity index (χ3n) is 3.49. The van der Waals surface area contributed by atoms with Crippen LogP contribution in [0.2, 0.25) is 0 Å². The number of benzene rings is 2. The zero-order chi connectivity index (χ0) is 18.7. The fraction of sp³-hybridized carbons (Fsp3) is 0.0588. The van der Waals surface area contributed by atoms with E-state index in [0.29, 0.717) is 27.0 Å². The van der Waals surface area contributed by atoms with Gasteiger partial charge in [-0.3, -0.25) is 19.9 Å². The molecule has 0 saturated carbocycles. The van der Waals surface area contributed by atoms with Gasteiger partial charge in [-0.25, -0.2) is 0 Å². The maximum atomic E-state index is 12.1. The van der Waals surface area contributed by atoms with E-state index in [1.807, 2.05) is 6.07 Å². The lowest BCUT2D eigenvalue weighted by Crippen LogP contribution is -2.12. The topological polar surface area (TPSA) is 103 Å². The van der Waals surface area contributed by atoms with Gasteiger partial charge in [0.05, 0.1) is 17.3 Å². The molecule has 1 aromatic heterocycles. The minimum atomic E-state index is -0.398. The molecular formula is C17H13BrN4O3S. The summed E-state index contributed by atoms with van der Waals surface area (Å²) in [7, 11) is 1.47. The Kier molecular flexibility index (Phi) is 5.29. The zero-order valence-electron chi connectivity index (χ0n) is 13.5. The van der Waals surface area contributed by atoms with Gasteiger partial charge in [0.15, 0.2) is 22.0 Å². The second kappa shape index (κ2) is 7.63. The summed E-state index contributed by atoms with van der Waals surface area (Å²) in [6.45, 7) is 0. The largest absolute Gasteiger partial charge is 0.503 e. The van der Waals surface area contributed by atoms with Gasteiger partial charge in [-0.15, -0.1) is 0 Å². The van der Waals surface area contributed by atoms with Crippen molar-refractivity contribution in [3.8, 4) is 22.8 Å². The van der Waals surface area contributed by atoms with Crippen molar-refractivity contribution in [3.63, 3.8) is 0 Å². The van der Waals surface area contributed by atoms with Crippen LogP contribution < -0.4 is 10.3 Å². The van der Waals surface area contributed by atoms with Crippen LogP contribution in [0.5, 0.6) is 11.5 Å². The van der Waals surface area contributed by atoms with Crippen molar-refractivity contribution >= 4 is 40.0 Å². The number of nitrogens with one attached hydrogen (secondary N) is 2. The summed E-state index contributed by atoms with van der Waals surface area (Å²) in [6.07, 6.45) is 1.60. The van der Waals surface area contributed by atoms with Crippen LogP contribution in [0.3, 0.4) is 0 Å². The highest BCUT2D eigenvalue weighted by atomic mass is 79.9. The van der Waals surface area contributed by atoms with Gasteiger partial charge in [-0.2, -0.15) is 5.10 Å². The molecule has 0 bridgehead atoms. The molecule has 7 nitrogen and oxygen atoms in total. The first-order chi connectivity index (χ1) is 12.5. The minimum Gasteiger partial charge on any atom is -0.503 e. The molecule has 0 unspecified atom stereocenters. The molecule has 9 heteroatoms.